The van der Waals surface area contributed by atoms with Crippen molar-refractivity contribution in [1.29, 1.82) is 0 Å². The molecule has 0 saturated heterocycles. The first-order valence-corrected chi connectivity index (χ1v) is 9.77. The normalized spacial score (nSPS) is 17.3. The smallest absolute Gasteiger partial charge is 0.0937 e. The van der Waals surface area contributed by atoms with E-state index in [1.807, 2.05) is 18.3 Å². The van der Waals surface area contributed by atoms with Crippen LogP contribution in [0, 0.1) is 0 Å². The molecule has 140 valence electrons. The number of benzene rings is 1. The Morgan fingerprint density at radius 3 is 2.50 bits per heavy atom. The first kappa shape index (κ1) is 19.1. The average molecular weight is 353 g/mol. The van der Waals surface area contributed by atoms with Gasteiger partial charge in [-0.15, -0.1) is 0 Å². The zero-order valence-electron chi connectivity index (χ0n) is 16.8. The van der Waals surface area contributed by atoms with Crippen LogP contribution < -0.4 is 5.32 Å². The molecule has 0 bridgehead atoms. The molecule has 1 N–H and O–H groups in total. The third-order valence-electron chi connectivity index (χ3n) is 5.07. The number of ether oxygens (including phenoxy) is 1. The molecule has 1 heterocycles. The highest BCUT2D eigenvalue weighted by molar-refractivity contribution is 5.32. The number of hydrogen-bond acceptors (Lipinski definition) is 3. The van der Waals surface area contributed by atoms with Crippen LogP contribution in [0.5, 0.6) is 0 Å². The van der Waals surface area contributed by atoms with E-state index in [0.717, 1.165) is 25.0 Å². The van der Waals surface area contributed by atoms with Crippen molar-refractivity contribution in [2.75, 3.05) is 0 Å². The third-order valence-corrected chi connectivity index (χ3v) is 5.07. The molecule has 1 aliphatic rings. The fourth-order valence-corrected chi connectivity index (χ4v) is 3.85. The van der Waals surface area contributed by atoms with Crippen LogP contribution in [-0.4, -0.2) is 17.1 Å². The van der Waals surface area contributed by atoms with Crippen molar-refractivity contribution < 1.29 is 4.74 Å². The Kier molecular flexibility index (Phi) is 5.50. The molecular weight excluding hydrogens is 320 g/mol. The number of hydrogen-bond donors (Lipinski definition) is 1. The zero-order valence-corrected chi connectivity index (χ0v) is 16.8. The van der Waals surface area contributed by atoms with Crippen molar-refractivity contribution >= 4 is 0 Å². The topological polar surface area (TPSA) is 34.1 Å². The van der Waals surface area contributed by atoms with E-state index in [-0.39, 0.29) is 17.2 Å². The van der Waals surface area contributed by atoms with Gasteiger partial charge in [-0.1, -0.05) is 30.3 Å². The molecule has 1 atom stereocenters. The molecule has 0 aliphatic heterocycles. The van der Waals surface area contributed by atoms with Crippen molar-refractivity contribution in [3.8, 4) is 0 Å². The Bertz CT molecular complexity index is 720. The van der Waals surface area contributed by atoms with Gasteiger partial charge in [0, 0.05) is 12.2 Å². The van der Waals surface area contributed by atoms with Crippen LogP contribution in [-0.2, 0) is 22.3 Å². The number of pyridine rings is 1. The molecule has 1 aliphatic carbocycles. The second-order valence-corrected chi connectivity index (χ2v) is 8.45. The van der Waals surface area contributed by atoms with Crippen LogP contribution in [0.15, 0.2) is 48.7 Å². The summed E-state index contributed by atoms with van der Waals surface area (Å²) in [6, 6.07) is 15.4. The molecule has 0 spiro atoms. The van der Waals surface area contributed by atoms with Gasteiger partial charge in [-0.25, -0.2) is 0 Å². The lowest BCUT2D eigenvalue weighted by Crippen LogP contribution is -2.43. The first-order valence-electron chi connectivity index (χ1n) is 9.77. The quantitative estimate of drug-likeness (QED) is 0.730. The van der Waals surface area contributed by atoms with Gasteiger partial charge in [0.05, 0.1) is 22.9 Å². The van der Waals surface area contributed by atoms with E-state index in [2.05, 4.69) is 75.3 Å². The fourth-order valence-electron chi connectivity index (χ4n) is 3.85. The minimum absolute atomic E-state index is 0.0337. The maximum atomic E-state index is 6.21. The largest absolute Gasteiger partial charge is 0.368 e. The minimum Gasteiger partial charge on any atom is -0.368 e. The van der Waals surface area contributed by atoms with Gasteiger partial charge < -0.3 is 10.1 Å². The molecule has 2 aromatic rings. The molecule has 3 nitrogen and oxygen atoms in total. The minimum atomic E-state index is -0.156. The molecule has 1 fully saturated rings. The number of aromatic nitrogens is 1. The SMILES string of the molecule is CC(Cc1cccc(C2(OC(C)C)CC2)c1)NC(C)(C)c1ccccn1. The number of nitrogens with one attached hydrogen (secondary N) is 1. The second-order valence-electron chi connectivity index (χ2n) is 8.45. The van der Waals surface area contributed by atoms with Gasteiger partial charge in [0.25, 0.3) is 0 Å². The predicted octanol–water partition coefficient (Wildman–Crippen LogP) is 4.95. The Balaban J connectivity index is 1.67. The maximum absolute atomic E-state index is 6.21. The van der Waals surface area contributed by atoms with Gasteiger partial charge in [-0.2, -0.15) is 0 Å². The second kappa shape index (κ2) is 7.50. The van der Waals surface area contributed by atoms with Gasteiger partial charge in [-0.05, 0) is 77.1 Å². The standard InChI is InChI=1S/C23H32N2O/c1-17(2)26-23(12-13-23)20-10-8-9-19(16-20)15-18(3)25-22(4,5)21-11-6-7-14-24-21/h6-11,14,16-18,25H,12-13,15H2,1-5H3. The summed E-state index contributed by atoms with van der Waals surface area (Å²) in [5, 5.41) is 3.73. The summed E-state index contributed by atoms with van der Waals surface area (Å²) in [4.78, 5) is 4.51. The van der Waals surface area contributed by atoms with Crippen LogP contribution >= 0.6 is 0 Å². The van der Waals surface area contributed by atoms with E-state index < -0.39 is 0 Å². The van der Waals surface area contributed by atoms with Crippen LogP contribution in [0.4, 0.5) is 0 Å². The summed E-state index contributed by atoms with van der Waals surface area (Å²) < 4.78 is 6.21. The van der Waals surface area contributed by atoms with Gasteiger partial charge in [0.15, 0.2) is 0 Å². The molecule has 0 amide bonds. The maximum Gasteiger partial charge on any atom is 0.0937 e. The van der Waals surface area contributed by atoms with Crippen LogP contribution in [0.3, 0.4) is 0 Å². The summed E-state index contributed by atoms with van der Waals surface area (Å²) in [7, 11) is 0. The summed E-state index contributed by atoms with van der Waals surface area (Å²) in [5.74, 6) is 0. The summed E-state index contributed by atoms with van der Waals surface area (Å²) >= 11 is 0. The van der Waals surface area contributed by atoms with E-state index in [4.69, 9.17) is 4.74 Å². The molecule has 1 aromatic heterocycles. The summed E-state index contributed by atoms with van der Waals surface area (Å²) in [5.41, 5.74) is 3.57. The third kappa shape index (κ3) is 4.52. The summed E-state index contributed by atoms with van der Waals surface area (Å²) in [6.07, 6.45) is 5.38. The van der Waals surface area contributed by atoms with E-state index >= 15 is 0 Å². The van der Waals surface area contributed by atoms with Gasteiger partial charge in [-0.3, -0.25) is 4.98 Å². The fraction of sp³-hybridized carbons (Fsp3) is 0.522. The lowest BCUT2D eigenvalue weighted by atomic mass is 9.95. The van der Waals surface area contributed by atoms with Gasteiger partial charge in [0.2, 0.25) is 0 Å². The van der Waals surface area contributed by atoms with Crippen LogP contribution in [0.1, 0.15) is 64.3 Å². The monoisotopic (exact) mass is 352 g/mol. The van der Waals surface area contributed by atoms with E-state index in [1.54, 1.807) is 0 Å². The number of nitrogens with zero attached hydrogens (tertiary/aromatic N) is 1. The van der Waals surface area contributed by atoms with E-state index in [9.17, 15) is 0 Å². The highest BCUT2D eigenvalue weighted by Gasteiger charge is 2.46. The van der Waals surface area contributed by atoms with Crippen molar-refractivity contribution in [2.45, 2.75) is 77.2 Å². The molecule has 1 unspecified atom stereocenters. The number of rotatable bonds is 8. The molecule has 3 rings (SSSR count). The lowest BCUT2D eigenvalue weighted by Gasteiger charge is -2.30. The molecule has 0 radical (unpaired) electrons. The molecule has 26 heavy (non-hydrogen) atoms. The molecule has 1 aromatic carbocycles. The van der Waals surface area contributed by atoms with Crippen LogP contribution in [0.2, 0.25) is 0 Å². The molecular formula is C23H32N2O. The Morgan fingerprint density at radius 2 is 1.88 bits per heavy atom. The van der Waals surface area contributed by atoms with Gasteiger partial charge in [0.1, 0.15) is 0 Å². The van der Waals surface area contributed by atoms with Crippen molar-refractivity contribution in [2.24, 2.45) is 0 Å². The highest BCUT2D eigenvalue weighted by Crippen LogP contribution is 2.50. The Labute approximate surface area is 158 Å². The molecule has 3 heteroatoms. The average Bonchev–Trinajstić information content (AvgIpc) is 3.35. The molecule has 1 saturated carbocycles. The first-order chi connectivity index (χ1) is 12.3. The summed E-state index contributed by atoms with van der Waals surface area (Å²) in [6.45, 7) is 10.9. The van der Waals surface area contributed by atoms with Crippen molar-refractivity contribution in [3.05, 3.63) is 65.5 Å². The predicted molar refractivity (Wildman–Crippen MR) is 107 cm³/mol. The van der Waals surface area contributed by atoms with Crippen LogP contribution in [0.25, 0.3) is 0 Å². The van der Waals surface area contributed by atoms with E-state index in [0.29, 0.717) is 6.04 Å². The Hall–Kier alpha value is -1.71. The highest BCUT2D eigenvalue weighted by atomic mass is 16.5. The lowest BCUT2D eigenvalue weighted by molar-refractivity contribution is -0.0143. The van der Waals surface area contributed by atoms with Gasteiger partial charge >= 0.3 is 0 Å². The van der Waals surface area contributed by atoms with Crippen molar-refractivity contribution in [3.63, 3.8) is 0 Å². The zero-order chi connectivity index (χ0) is 18.8. The van der Waals surface area contributed by atoms with Crippen molar-refractivity contribution in [1.82, 2.24) is 10.3 Å². The van der Waals surface area contributed by atoms with E-state index in [1.165, 1.54) is 11.1 Å². The Morgan fingerprint density at radius 1 is 1.12 bits per heavy atom.